The average molecular weight is 345 g/mol. The van der Waals surface area contributed by atoms with E-state index in [1.165, 1.54) is 42.5 Å². The largest absolute Gasteiger partial charge is 0.376 e. The van der Waals surface area contributed by atoms with Gasteiger partial charge in [0.1, 0.15) is 0 Å². The van der Waals surface area contributed by atoms with Crippen molar-refractivity contribution in [2.75, 3.05) is 13.2 Å². The van der Waals surface area contributed by atoms with Gasteiger partial charge in [-0.05, 0) is 30.4 Å². The predicted molar refractivity (Wildman–Crippen MR) is 91.8 cm³/mol. The minimum Gasteiger partial charge on any atom is -0.376 e. The van der Waals surface area contributed by atoms with Gasteiger partial charge in [0.2, 0.25) is 0 Å². The minimum atomic E-state index is 0. The van der Waals surface area contributed by atoms with E-state index in [0.29, 0.717) is 19.1 Å². The summed E-state index contributed by atoms with van der Waals surface area (Å²) in [5.41, 5.74) is 7.08. The molecule has 3 N–H and O–H groups in total. The molecule has 124 valence electrons. The molecular formula is C16H25ClN2O2S. The number of thiophene rings is 1. The molecule has 1 fully saturated rings. The van der Waals surface area contributed by atoms with Gasteiger partial charge in [0.05, 0.1) is 18.1 Å². The first-order chi connectivity index (χ1) is 10.3. The first-order valence-corrected chi connectivity index (χ1v) is 8.80. The lowest BCUT2D eigenvalue weighted by Crippen LogP contribution is -2.45. The molecule has 0 spiro atoms. The fourth-order valence-electron chi connectivity index (χ4n) is 3.40. The van der Waals surface area contributed by atoms with Crippen molar-refractivity contribution in [3.8, 4) is 0 Å². The smallest absolute Gasteiger partial charge is 0.261 e. The van der Waals surface area contributed by atoms with Gasteiger partial charge in [0.15, 0.2) is 0 Å². The van der Waals surface area contributed by atoms with Gasteiger partial charge in [0.25, 0.3) is 5.91 Å². The number of carbonyl (C=O) groups excluding carboxylic acids is 1. The van der Waals surface area contributed by atoms with Crippen molar-refractivity contribution in [3.63, 3.8) is 0 Å². The van der Waals surface area contributed by atoms with Crippen LogP contribution in [0.4, 0.5) is 0 Å². The third-order valence-corrected chi connectivity index (χ3v) is 5.88. The van der Waals surface area contributed by atoms with Crippen molar-refractivity contribution >= 4 is 29.7 Å². The Hall–Kier alpha value is -0.620. The van der Waals surface area contributed by atoms with Crippen molar-refractivity contribution in [2.45, 2.75) is 51.2 Å². The zero-order chi connectivity index (χ0) is 14.7. The third kappa shape index (κ3) is 4.02. The minimum absolute atomic E-state index is 0. The molecule has 0 aromatic carbocycles. The van der Waals surface area contributed by atoms with Crippen LogP contribution in [0.2, 0.25) is 0 Å². The van der Waals surface area contributed by atoms with Crippen LogP contribution in [-0.2, 0) is 17.8 Å². The quantitative estimate of drug-likeness (QED) is 0.882. The van der Waals surface area contributed by atoms with Crippen molar-refractivity contribution in [1.29, 1.82) is 0 Å². The molecule has 3 rings (SSSR count). The Labute approximate surface area is 142 Å². The summed E-state index contributed by atoms with van der Waals surface area (Å²) in [5.74, 6) is 0.584. The Morgan fingerprint density at radius 2 is 2.18 bits per heavy atom. The molecule has 1 atom stereocenters. The van der Waals surface area contributed by atoms with Crippen LogP contribution in [0.3, 0.4) is 0 Å². The van der Waals surface area contributed by atoms with E-state index in [1.54, 1.807) is 11.3 Å². The van der Waals surface area contributed by atoms with Gasteiger partial charge < -0.3 is 15.8 Å². The molecule has 2 heterocycles. The van der Waals surface area contributed by atoms with E-state index in [2.05, 4.69) is 5.32 Å². The molecule has 2 aliphatic rings. The van der Waals surface area contributed by atoms with Gasteiger partial charge in [-0.1, -0.05) is 19.3 Å². The Balaban J connectivity index is 0.00000176. The second-order valence-electron chi connectivity index (χ2n) is 6.08. The van der Waals surface area contributed by atoms with Crippen LogP contribution < -0.4 is 11.1 Å². The van der Waals surface area contributed by atoms with Gasteiger partial charge in [-0.3, -0.25) is 4.79 Å². The van der Waals surface area contributed by atoms with E-state index in [4.69, 9.17) is 10.5 Å². The van der Waals surface area contributed by atoms with Crippen molar-refractivity contribution in [1.82, 2.24) is 5.32 Å². The highest BCUT2D eigenvalue weighted by Gasteiger charge is 2.25. The van der Waals surface area contributed by atoms with Crippen LogP contribution >= 0.6 is 23.7 Å². The molecule has 1 aliphatic carbocycles. The zero-order valence-electron chi connectivity index (χ0n) is 12.8. The van der Waals surface area contributed by atoms with Gasteiger partial charge >= 0.3 is 0 Å². The number of amides is 1. The van der Waals surface area contributed by atoms with Gasteiger partial charge in [-0.2, -0.15) is 0 Å². The summed E-state index contributed by atoms with van der Waals surface area (Å²) in [6.45, 7) is 1.94. The van der Waals surface area contributed by atoms with Crippen molar-refractivity contribution in [2.24, 2.45) is 11.7 Å². The Morgan fingerprint density at radius 1 is 1.41 bits per heavy atom. The molecular weight excluding hydrogens is 320 g/mol. The fourth-order valence-corrected chi connectivity index (χ4v) is 4.46. The number of nitrogens with two attached hydrogens (primary N) is 1. The predicted octanol–water partition coefficient (Wildman–Crippen LogP) is 2.88. The monoisotopic (exact) mass is 344 g/mol. The summed E-state index contributed by atoms with van der Waals surface area (Å²) < 4.78 is 5.44. The van der Waals surface area contributed by atoms with E-state index in [-0.39, 0.29) is 24.4 Å². The zero-order valence-corrected chi connectivity index (χ0v) is 14.4. The van der Waals surface area contributed by atoms with Crippen LogP contribution in [0.15, 0.2) is 6.07 Å². The Morgan fingerprint density at radius 3 is 2.86 bits per heavy atom. The topological polar surface area (TPSA) is 64.3 Å². The number of hydrogen-bond donors (Lipinski definition) is 2. The lowest BCUT2D eigenvalue weighted by atomic mass is 9.84. The SMILES string of the molecule is Cl.NCC(NC(=O)c1cc2c(s1)CCOC2)C1CCCCC1. The summed E-state index contributed by atoms with van der Waals surface area (Å²) in [6, 6.07) is 2.11. The van der Waals surface area contributed by atoms with Crippen LogP contribution in [0, 0.1) is 5.92 Å². The summed E-state index contributed by atoms with van der Waals surface area (Å²) in [7, 11) is 0. The third-order valence-electron chi connectivity index (χ3n) is 4.64. The maximum absolute atomic E-state index is 12.5. The van der Waals surface area contributed by atoms with Crippen molar-refractivity contribution in [3.05, 3.63) is 21.4 Å². The van der Waals surface area contributed by atoms with E-state index < -0.39 is 0 Å². The average Bonchev–Trinajstić information content (AvgIpc) is 2.97. The molecule has 1 aromatic heterocycles. The summed E-state index contributed by atoms with van der Waals surface area (Å²) in [6.07, 6.45) is 7.16. The molecule has 22 heavy (non-hydrogen) atoms. The van der Waals surface area contributed by atoms with E-state index in [9.17, 15) is 4.79 Å². The molecule has 4 nitrogen and oxygen atoms in total. The highest BCUT2D eigenvalue weighted by Crippen LogP contribution is 2.29. The van der Waals surface area contributed by atoms with Crippen LogP contribution in [-0.4, -0.2) is 25.1 Å². The van der Waals surface area contributed by atoms with E-state index >= 15 is 0 Å². The molecule has 0 saturated heterocycles. The number of fused-ring (bicyclic) bond motifs is 1. The lowest BCUT2D eigenvalue weighted by Gasteiger charge is -2.29. The number of nitrogens with one attached hydrogen (secondary N) is 1. The molecule has 0 bridgehead atoms. The molecule has 6 heteroatoms. The summed E-state index contributed by atoms with van der Waals surface area (Å²) >= 11 is 1.61. The second-order valence-corrected chi connectivity index (χ2v) is 7.21. The number of ether oxygens (including phenoxy) is 1. The number of halogens is 1. The maximum Gasteiger partial charge on any atom is 0.261 e. The Bertz CT molecular complexity index is 477. The van der Waals surface area contributed by atoms with E-state index in [0.717, 1.165) is 17.9 Å². The van der Waals surface area contributed by atoms with Crippen LogP contribution in [0.5, 0.6) is 0 Å². The highest BCUT2D eigenvalue weighted by atomic mass is 35.5. The highest BCUT2D eigenvalue weighted by molar-refractivity contribution is 7.14. The van der Waals surface area contributed by atoms with Crippen molar-refractivity contribution < 1.29 is 9.53 Å². The fraction of sp³-hybridized carbons (Fsp3) is 0.688. The second kappa shape index (κ2) is 8.29. The van der Waals surface area contributed by atoms with Gasteiger partial charge in [0, 0.05) is 23.9 Å². The van der Waals surface area contributed by atoms with E-state index in [1.807, 2.05) is 6.07 Å². The van der Waals surface area contributed by atoms with Gasteiger partial charge in [-0.15, -0.1) is 23.7 Å². The lowest BCUT2D eigenvalue weighted by molar-refractivity contribution is 0.0919. The Kier molecular flexibility index (Phi) is 6.68. The molecule has 1 amide bonds. The summed E-state index contributed by atoms with van der Waals surface area (Å²) in [5, 5.41) is 3.17. The molecule has 1 unspecified atom stereocenters. The maximum atomic E-state index is 12.5. The van der Waals surface area contributed by atoms with Crippen LogP contribution in [0.1, 0.15) is 52.2 Å². The number of hydrogen-bond acceptors (Lipinski definition) is 4. The van der Waals surface area contributed by atoms with Crippen LogP contribution in [0.25, 0.3) is 0 Å². The molecule has 1 aromatic rings. The summed E-state index contributed by atoms with van der Waals surface area (Å²) in [4.78, 5) is 14.6. The number of rotatable bonds is 4. The standard InChI is InChI=1S/C16H24N2O2S.ClH/c17-9-13(11-4-2-1-3-5-11)18-16(19)15-8-12-10-20-7-6-14(12)21-15;/h8,11,13H,1-7,9-10,17H2,(H,18,19);1H. The first-order valence-electron chi connectivity index (χ1n) is 7.98. The molecule has 1 aliphatic heterocycles. The molecule has 0 radical (unpaired) electrons. The van der Waals surface area contributed by atoms with Gasteiger partial charge in [-0.25, -0.2) is 0 Å². The number of carbonyl (C=O) groups is 1. The first kappa shape index (κ1) is 17.7. The normalized spacial score (nSPS) is 19.9. The molecule has 1 saturated carbocycles.